The molecule has 0 atom stereocenters. The van der Waals surface area contributed by atoms with Gasteiger partial charge in [-0.3, -0.25) is 0 Å². The first-order valence-corrected chi connectivity index (χ1v) is 8.03. The van der Waals surface area contributed by atoms with Crippen LogP contribution in [-0.4, -0.2) is 32.0 Å². The van der Waals surface area contributed by atoms with Crippen molar-refractivity contribution in [3.8, 4) is 11.5 Å². The van der Waals surface area contributed by atoms with Gasteiger partial charge in [-0.25, -0.2) is 0 Å². The van der Waals surface area contributed by atoms with E-state index in [1.165, 1.54) is 13.2 Å². The molecule has 2 aromatic heterocycles. The molecule has 2 heterocycles. The fourth-order valence-corrected chi connectivity index (χ4v) is 2.84. The predicted molar refractivity (Wildman–Crippen MR) is 94.9 cm³/mol. The van der Waals surface area contributed by atoms with Gasteiger partial charge in [0, 0.05) is 26.0 Å². The van der Waals surface area contributed by atoms with Crippen molar-refractivity contribution < 1.29 is 19.7 Å². The second-order valence-electron chi connectivity index (χ2n) is 4.53. The smallest absolute Gasteiger partial charge is 0.407 e. The molecule has 0 fully saturated rings. The Hall–Kier alpha value is -2.34. The molecular weight excluding hydrogens is 468 g/mol. The lowest BCUT2D eigenvalue weighted by Crippen LogP contribution is -1.98. The van der Waals surface area contributed by atoms with E-state index in [9.17, 15) is 20.2 Å². The lowest BCUT2D eigenvalue weighted by Gasteiger charge is -2.02. The van der Waals surface area contributed by atoms with Gasteiger partial charge in [-0.2, -0.15) is 0 Å². The number of rotatable bonds is 3. The van der Waals surface area contributed by atoms with Crippen LogP contribution in [-0.2, 0) is 0 Å². The molecule has 0 saturated heterocycles. The normalized spacial score (nSPS) is 9.80. The molecule has 0 aromatic carbocycles. The van der Waals surface area contributed by atoms with Crippen LogP contribution in [0.3, 0.4) is 0 Å². The topological polar surface area (TPSA) is 142 Å². The second kappa shape index (κ2) is 8.67. The largest absolute Gasteiger partial charge is 0.500 e. The van der Waals surface area contributed by atoms with Crippen LogP contribution in [0.1, 0.15) is 11.4 Å². The van der Waals surface area contributed by atoms with E-state index in [1.54, 1.807) is 19.9 Å². The number of methoxy groups -OCH3 is 1. The monoisotopic (exact) mass is 478 g/mol. The molecule has 0 amide bonds. The fraction of sp³-hybridized carbons (Fsp3) is 0.231. The Balaban J connectivity index is 0.000000251. The van der Waals surface area contributed by atoms with Crippen molar-refractivity contribution in [1.29, 1.82) is 0 Å². The summed E-state index contributed by atoms with van der Waals surface area (Å²) in [6.45, 7) is 3.29. The van der Waals surface area contributed by atoms with Gasteiger partial charge >= 0.3 is 11.6 Å². The Bertz CT molecular complexity index is 831. The van der Waals surface area contributed by atoms with Gasteiger partial charge in [-0.1, -0.05) is 0 Å². The van der Waals surface area contributed by atoms with E-state index in [4.69, 9.17) is 9.84 Å². The number of aromatic hydroxyl groups is 1. The first kappa shape index (κ1) is 20.7. The Morgan fingerprint density at radius 1 is 1.00 bits per heavy atom. The van der Waals surface area contributed by atoms with Crippen molar-refractivity contribution in [3.05, 3.63) is 52.7 Å². The molecule has 0 saturated carbocycles. The summed E-state index contributed by atoms with van der Waals surface area (Å²) in [6, 6.07) is 3.16. The number of hydrogen-bond donors (Lipinski definition) is 1. The van der Waals surface area contributed by atoms with Crippen LogP contribution in [0.25, 0.3) is 0 Å². The van der Waals surface area contributed by atoms with Crippen molar-refractivity contribution >= 4 is 43.5 Å². The third-order valence-corrected chi connectivity index (χ3v) is 3.84. The number of aryl methyl sites for hydroxylation is 2. The van der Waals surface area contributed by atoms with E-state index in [-0.39, 0.29) is 16.0 Å². The molecule has 2 rings (SSSR count). The van der Waals surface area contributed by atoms with Crippen LogP contribution in [0.5, 0.6) is 11.5 Å². The molecule has 0 aliphatic heterocycles. The van der Waals surface area contributed by atoms with E-state index >= 15 is 0 Å². The van der Waals surface area contributed by atoms with Gasteiger partial charge in [0.15, 0.2) is 11.4 Å². The van der Waals surface area contributed by atoms with Crippen molar-refractivity contribution in [2.75, 3.05) is 7.11 Å². The number of nitrogens with zero attached hydrogens (tertiary/aromatic N) is 4. The highest BCUT2D eigenvalue weighted by molar-refractivity contribution is 9.10. The Morgan fingerprint density at radius 3 is 1.88 bits per heavy atom. The average Bonchev–Trinajstić information content (AvgIpc) is 2.50. The van der Waals surface area contributed by atoms with Gasteiger partial charge in [0.1, 0.15) is 0 Å². The zero-order valence-corrected chi connectivity index (χ0v) is 16.4. The van der Waals surface area contributed by atoms with Crippen molar-refractivity contribution in [1.82, 2.24) is 9.97 Å². The number of hydrogen-bond acceptors (Lipinski definition) is 8. The summed E-state index contributed by atoms with van der Waals surface area (Å²) >= 11 is 6.13. The predicted octanol–water partition coefficient (Wildman–Crippen LogP) is 3.84. The Kier molecular flexibility index (Phi) is 7.18. The van der Waals surface area contributed by atoms with E-state index in [0.29, 0.717) is 15.9 Å². The summed E-state index contributed by atoms with van der Waals surface area (Å²) in [4.78, 5) is 26.8. The Morgan fingerprint density at radius 2 is 1.44 bits per heavy atom. The second-order valence-corrected chi connectivity index (χ2v) is 6.24. The summed E-state index contributed by atoms with van der Waals surface area (Å²) < 4.78 is 5.66. The molecule has 0 aliphatic carbocycles. The fourth-order valence-electron chi connectivity index (χ4n) is 1.66. The van der Waals surface area contributed by atoms with Crippen LogP contribution >= 0.6 is 31.9 Å². The van der Waals surface area contributed by atoms with Crippen LogP contribution in [0, 0.1) is 34.1 Å². The number of pyridine rings is 2. The SMILES string of the molecule is COc1c(Br)cc(C)nc1[N+](=O)[O-].Cc1cc(Br)c(O)c([N+](=O)[O-])n1. The average molecular weight is 480 g/mol. The molecule has 0 unspecified atom stereocenters. The van der Waals surface area contributed by atoms with E-state index in [2.05, 4.69) is 41.8 Å². The standard InChI is InChI=1S/C7H7BrN2O3.C6H5BrN2O3/c1-4-3-5(8)6(13-2)7(9-4)10(11)12;1-3-2-4(7)5(10)6(8-3)9(11)12/h3H,1-2H3;2,10H,1H3. The first-order valence-electron chi connectivity index (χ1n) is 6.44. The minimum atomic E-state index is -0.729. The lowest BCUT2D eigenvalue weighted by atomic mass is 10.3. The van der Waals surface area contributed by atoms with Crippen LogP contribution in [0.4, 0.5) is 11.6 Å². The summed E-state index contributed by atoms with van der Waals surface area (Å²) in [5.41, 5.74) is 1.05. The van der Waals surface area contributed by atoms with E-state index in [0.717, 1.165) is 0 Å². The molecule has 1 N–H and O–H groups in total. The van der Waals surface area contributed by atoms with Gasteiger partial charge in [-0.15, -0.1) is 0 Å². The molecule has 2 aromatic rings. The zero-order chi connectivity index (χ0) is 19.3. The molecule has 0 spiro atoms. The van der Waals surface area contributed by atoms with Gasteiger partial charge in [0.2, 0.25) is 11.5 Å². The lowest BCUT2D eigenvalue weighted by molar-refractivity contribution is -0.390. The third kappa shape index (κ3) is 5.32. The number of halogens is 2. The molecule has 134 valence electrons. The highest BCUT2D eigenvalue weighted by Crippen LogP contribution is 2.33. The molecular formula is C13H12Br2N4O6. The highest BCUT2D eigenvalue weighted by atomic mass is 79.9. The first-order chi connectivity index (χ1) is 11.6. The maximum atomic E-state index is 10.5. The minimum absolute atomic E-state index is 0.149. The van der Waals surface area contributed by atoms with Gasteiger partial charge in [0.05, 0.1) is 16.1 Å². The quantitative estimate of drug-likeness (QED) is 0.516. The van der Waals surface area contributed by atoms with Crippen molar-refractivity contribution in [2.24, 2.45) is 0 Å². The summed E-state index contributed by atoms with van der Waals surface area (Å²) in [5.74, 6) is -1.09. The zero-order valence-electron chi connectivity index (χ0n) is 13.2. The summed E-state index contributed by atoms with van der Waals surface area (Å²) in [5, 5.41) is 30.0. The van der Waals surface area contributed by atoms with Crippen LogP contribution < -0.4 is 4.74 Å². The van der Waals surface area contributed by atoms with Gasteiger partial charge in [0.25, 0.3) is 0 Å². The molecule has 10 nitrogen and oxygen atoms in total. The molecule has 25 heavy (non-hydrogen) atoms. The van der Waals surface area contributed by atoms with Gasteiger partial charge < -0.3 is 30.1 Å². The summed E-state index contributed by atoms with van der Waals surface area (Å²) in [7, 11) is 1.37. The third-order valence-electron chi connectivity index (χ3n) is 2.64. The number of ether oxygens (including phenoxy) is 1. The molecule has 0 radical (unpaired) electrons. The number of nitro groups is 2. The Labute approximate surface area is 158 Å². The highest BCUT2D eigenvalue weighted by Gasteiger charge is 2.21. The molecule has 0 aliphatic rings. The van der Waals surface area contributed by atoms with E-state index in [1.807, 2.05) is 0 Å². The van der Waals surface area contributed by atoms with Crippen LogP contribution in [0.15, 0.2) is 21.1 Å². The maximum Gasteiger partial charge on any atom is 0.407 e. The maximum absolute atomic E-state index is 10.5. The summed E-state index contributed by atoms with van der Waals surface area (Å²) in [6.07, 6.45) is 0. The number of aromatic nitrogens is 2. The van der Waals surface area contributed by atoms with Crippen LogP contribution in [0.2, 0.25) is 0 Å². The minimum Gasteiger partial charge on any atom is -0.500 e. The molecule has 0 bridgehead atoms. The molecule has 12 heteroatoms. The van der Waals surface area contributed by atoms with Crippen molar-refractivity contribution in [3.63, 3.8) is 0 Å². The van der Waals surface area contributed by atoms with Crippen molar-refractivity contribution in [2.45, 2.75) is 13.8 Å². The van der Waals surface area contributed by atoms with E-state index < -0.39 is 21.4 Å². The van der Waals surface area contributed by atoms with Gasteiger partial charge in [-0.05, 0) is 51.7 Å².